The number of hydrogen-bond acceptors (Lipinski definition) is 7. The number of anilines is 1. The van der Waals surface area contributed by atoms with Gasteiger partial charge in [-0.1, -0.05) is 5.10 Å². The molecule has 0 aliphatic heterocycles. The summed E-state index contributed by atoms with van der Waals surface area (Å²) in [5.41, 5.74) is 0.599. The smallest absolute Gasteiger partial charge is 0.322 e. The van der Waals surface area contributed by atoms with Crippen molar-refractivity contribution in [1.29, 1.82) is 0 Å². The molecule has 2 heterocycles. The van der Waals surface area contributed by atoms with E-state index in [0.717, 1.165) is 24.3 Å². The van der Waals surface area contributed by atoms with Crippen LogP contribution in [0.4, 0.5) is 10.4 Å². The molecule has 1 amide bonds. The lowest BCUT2D eigenvalue weighted by Gasteiger charge is -2.07. The molecule has 0 aliphatic carbocycles. The van der Waals surface area contributed by atoms with Gasteiger partial charge in [0.25, 0.3) is 5.89 Å². The van der Waals surface area contributed by atoms with Crippen LogP contribution in [0.5, 0.6) is 0 Å². The zero-order valence-electron chi connectivity index (χ0n) is 15.2. The van der Waals surface area contributed by atoms with Crippen LogP contribution in [0.1, 0.15) is 26.3 Å². The number of aromatic nitrogens is 4. The highest BCUT2D eigenvalue weighted by Crippen LogP contribution is 2.22. The Hall–Kier alpha value is -3.08. The van der Waals surface area contributed by atoms with Gasteiger partial charge in [-0.2, -0.15) is 5.10 Å². The van der Waals surface area contributed by atoms with E-state index >= 15 is 0 Å². The first-order chi connectivity index (χ1) is 13.3. The third kappa shape index (κ3) is 4.42. The first-order valence-corrected chi connectivity index (χ1v) is 10.1. The van der Waals surface area contributed by atoms with Crippen molar-refractivity contribution in [3.05, 3.63) is 42.3 Å². The molecule has 0 unspecified atom stereocenters. The first-order valence-electron chi connectivity index (χ1n) is 8.42. The van der Waals surface area contributed by atoms with Crippen molar-refractivity contribution in [2.45, 2.75) is 31.2 Å². The number of carbonyl (C=O) groups is 1. The predicted molar refractivity (Wildman–Crippen MR) is 97.6 cm³/mol. The number of nitrogens with one attached hydrogen (secondary N) is 1. The van der Waals surface area contributed by atoms with Crippen LogP contribution in [0.15, 0.2) is 45.8 Å². The fourth-order valence-corrected chi connectivity index (χ4v) is 3.68. The normalized spacial score (nSPS) is 11.7. The van der Waals surface area contributed by atoms with Crippen molar-refractivity contribution >= 4 is 21.8 Å². The van der Waals surface area contributed by atoms with Gasteiger partial charge in [0.1, 0.15) is 11.5 Å². The molecular formula is C17H18FN5O4S. The van der Waals surface area contributed by atoms with E-state index in [0.29, 0.717) is 5.69 Å². The number of nitrogens with zero attached hydrogens (tertiary/aromatic N) is 4. The Bertz CT molecular complexity index is 1070. The molecule has 11 heteroatoms. The molecule has 0 spiro atoms. The van der Waals surface area contributed by atoms with Crippen LogP contribution >= 0.6 is 0 Å². The summed E-state index contributed by atoms with van der Waals surface area (Å²) in [4.78, 5) is 12.0. The maximum atomic E-state index is 12.9. The molecule has 3 aromatic rings. The van der Waals surface area contributed by atoms with E-state index in [1.807, 2.05) is 13.8 Å². The van der Waals surface area contributed by atoms with Gasteiger partial charge in [-0.25, -0.2) is 12.8 Å². The van der Waals surface area contributed by atoms with Crippen LogP contribution in [0.25, 0.3) is 11.6 Å². The van der Waals surface area contributed by atoms with Crippen molar-refractivity contribution in [1.82, 2.24) is 20.0 Å². The fraction of sp³-hybridized carbons (Fsp3) is 0.294. The van der Waals surface area contributed by atoms with Crippen molar-refractivity contribution in [2.24, 2.45) is 0 Å². The summed E-state index contributed by atoms with van der Waals surface area (Å²) in [5.74, 6) is -1.40. The second-order valence-electron chi connectivity index (χ2n) is 6.24. The summed E-state index contributed by atoms with van der Waals surface area (Å²) in [7, 11) is -3.72. The maximum absolute atomic E-state index is 12.9. The number of sulfone groups is 1. The number of halogens is 1. The Morgan fingerprint density at radius 1 is 1.21 bits per heavy atom. The van der Waals surface area contributed by atoms with E-state index in [-0.39, 0.29) is 29.3 Å². The first kappa shape index (κ1) is 19.7. The minimum Gasteiger partial charge on any atom is -0.401 e. The lowest BCUT2D eigenvalue weighted by atomic mass is 10.3. The summed E-state index contributed by atoms with van der Waals surface area (Å²) >= 11 is 0. The van der Waals surface area contributed by atoms with Crippen molar-refractivity contribution in [3.63, 3.8) is 0 Å². The van der Waals surface area contributed by atoms with E-state index in [2.05, 4.69) is 20.6 Å². The summed E-state index contributed by atoms with van der Waals surface area (Å²) in [5, 5.41) is 14.2. The van der Waals surface area contributed by atoms with Crippen LogP contribution in [-0.4, -0.2) is 40.1 Å². The average molecular weight is 407 g/mol. The van der Waals surface area contributed by atoms with Crippen LogP contribution in [0.2, 0.25) is 0 Å². The van der Waals surface area contributed by atoms with E-state index < -0.39 is 27.3 Å². The van der Waals surface area contributed by atoms with Gasteiger partial charge in [0.15, 0.2) is 9.84 Å². The maximum Gasteiger partial charge on any atom is 0.322 e. The van der Waals surface area contributed by atoms with Gasteiger partial charge in [0.2, 0.25) is 5.91 Å². The molecule has 0 atom stereocenters. The molecule has 0 fully saturated rings. The Labute approximate surface area is 160 Å². The number of benzene rings is 1. The summed E-state index contributed by atoms with van der Waals surface area (Å²) in [6.45, 7) is 3.88. The Morgan fingerprint density at radius 3 is 2.61 bits per heavy atom. The number of rotatable bonds is 7. The van der Waals surface area contributed by atoms with Gasteiger partial charge >= 0.3 is 6.01 Å². The monoisotopic (exact) mass is 407 g/mol. The van der Waals surface area contributed by atoms with Gasteiger partial charge < -0.3 is 4.42 Å². The van der Waals surface area contributed by atoms with Crippen LogP contribution in [-0.2, 0) is 14.6 Å². The average Bonchev–Trinajstić information content (AvgIpc) is 3.29. The molecule has 9 nitrogen and oxygen atoms in total. The lowest BCUT2D eigenvalue weighted by molar-refractivity contribution is -0.115. The highest BCUT2D eigenvalue weighted by Gasteiger charge is 2.19. The third-order valence-corrected chi connectivity index (χ3v) is 5.55. The van der Waals surface area contributed by atoms with Crippen LogP contribution in [0, 0.1) is 5.82 Å². The quantitative estimate of drug-likeness (QED) is 0.597. The lowest BCUT2D eigenvalue weighted by Crippen LogP contribution is -2.17. The molecule has 3 rings (SSSR count). The topological polar surface area (TPSA) is 120 Å². The molecule has 0 aliphatic rings. The third-order valence-electron chi connectivity index (χ3n) is 3.82. The molecule has 1 N–H and O–H groups in total. The SMILES string of the molecule is CC(C)n1nccc1-c1nnc(NC(=O)CCS(=O)(=O)c2ccc(F)cc2)o1. The standard InChI is InChI=1S/C17H18FN5O4S/c1-11(2)23-14(7-9-19-23)16-21-22-17(27-16)20-15(24)8-10-28(25,26)13-5-3-12(18)4-6-13/h3-7,9,11H,8,10H2,1-2H3,(H,20,22,24). The van der Waals surface area contributed by atoms with Crippen LogP contribution < -0.4 is 5.32 Å². The van der Waals surface area contributed by atoms with E-state index in [1.165, 1.54) is 0 Å². The molecule has 0 bridgehead atoms. The molecule has 1 aromatic carbocycles. The molecule has 0 saturated carbocycles. The minimum absolute atomic E-state index is 0.0521. The molecule has 148 valence electrons. The van der Waals surface area contributed by atoms with E-state index in [4.69, 9.17) is 4.42 Å². The van der Waals surface area contributed by atoms with Gasteiger partial charge in [0, 0.05) is 18.7 Å². The zero-order valence-corrected chi connectivity index (χ0v) is 16.0. The number of amides is 1. The Kier molecular flexibility index (Phi) is 5.54. The summed E-state index contributed by atoms with van der Waals surface area (Å²) in [6, 6.07) is 6.05. The summed E-state index contributed by atoms with van der Waals surface area (Å²) < 4.78 is 44.4. The second-order valence-corrected chi connectivity index (χ2v) is 8.35. The molecule has 28 heavy (non-hydrogen) atoms. The van der Waals surface area contributed by atoms with E-state index in [1.54, 1.807) is 16.9 Å². The minimum atomic E-state index is -3.72. The van der Waals surface area contributed by atoms with Gasteiger partial charge in [-0.15, -0.1) is 5.10 Å². The summed E-state index contributed by atoms with van der Waals surface area (Å²) in [6.07, 6.45) is 1.28. The zero-order chi connectivity index (χ0) is 20.3. The van der Waals surface area contributed by atoms with E-state index in [9.17, 15) is 17.6 Å². The molecular weight excluding hydrogens is 389 g/mol. The molecule has 0 saturated heterocycles. The highest BCUT2D eigenvalue weighted by molar-refractivity contribution is 7.91. The fourth-order valence-electron chi connectivity index (χ4n) is 2.44. The van der Waals surface area contributed by atoms with Crippen molar-refractivity contribution in [2.75, 3.05) is 11.1 Å². The van der Waals surface area contributed by atoms with Gasteiger partial charge in [-0.3, -0.25) is 14.8 Å². The van der Waals surface area contributed by atoms with Crippen molar-refractivity contribution in [3.8, 4) is 11.6 Å². The number of hydrogen-bond donors (Lipinski definition) is 1. The molecule has 2 aromatic heterocycles. The van der Waals surface area contributed by atoms with Gasteiger partial charge in [0.05, 0.1) is 10.6 Å². The molecule has 0 radical (unpaired) electrons. The Morgan fingerprint density at radius 2 is 1.93 bits per heavy atom. The highest BCUT2D eigenvalue weighted by atomic mass is 32.2. The second kappa shape index (κ2) is 7.89. The number of carbonyl (C=O) groups excluding carboxylic acids is 1. The van der Waals surface area contributed by atoms with Crippen molar-refractivity contribution < 1.29 is 22.0 Å². The largest absolute Gasteiger partial charge is 0.401 e. The van der Waals surface area contributed by atoms with Gasteiger partial charge in [-0.05, 0) is 44.2 Å². The Balaban J connectivity index is 1.62. The predicted octanol–water partition coefficient (Wildman–Crippen LogP) is 2.46. The van der Waals surface area contributed by atoms with Crippen LogP contribution in [0.3, 0.4) is 0 Å².